The van der Waals surface area contributed by atoms with E-state index in [4.69, 9.17) is 14.2 Å². The first-order valence-electron chi connectivity index (χ1n) is 15.5. The van der Waals surface area contributed by atoms with Crippen molar-refractivity contribution in [2.24, 2.45) is 5.41 Å². The van der Waals surface area contributed by atoms with Crippen molar-refractivity contribution in [3.05, 3.63) is 119 Å². The molecule has 0 heterocycles. The standard InChI is InChI=1S/C39H44O5/c1-8-38(5,6)36(40)30-15-21-32(22-16-30)42-33-23-17-31(18-24-33)37(41)43-34-19-11-28(12-20-34)27(4)29-13-25-35(26-14-29)44-39(7,9-2)10-3/h11-27H,8-10H2,1-7H3. The molecule has 0 spiro atoms. The largest absolute Gasteiger partial charge is 0.488 e. The van der Waals surface area contributed by atoms with Crippen LogP contribution in [0.5, 0.6) is 23.0 Å². The Morgan fingerprint density at radius 3 is 1.48 bits per heavy atom. The Morgan fingerprint density at radius 1 is 0.591 bits per heavy atom. The first-order chi connectivity index (χ1) is 21.0. The maximum Gasteiger partial charge on any atom is 0.343 e. The molecule has 0 saturated carbocycles. The first kappa shape index (κ1) is 32.5. The van der Waals surface area contributed by atoms with Crippen LogP contribution in [-0.2, 0) is 0 Å². The summed E-state index contributed by atoms with van der Waals surface area (Å²) in [7, 11) is 0. The number of ether oxygens (including phenoxy) is 3. The summed E-state index contributed by atoms with van der Waals surface area (Å²) in [6.45, 7) is 14.5. The van der Waals surface area contributed by atoms with Gasteiger partial charge in [-0.25, -0.2) is 4.79 Å². The van der Waals surface area contributed by atoms with Crippen LogP contribution in [0.3, 0.4) is 0 Å². The van der Waals surface area contributed by atoms with Crippen molar-refractivity contribution >= 4 is 11.8 Å². The van der Waals surface area contributed by atoms with Gasteiger partial charge in [0.1, 0.15) is 28.6 Å². The number of rotatable bonds is 13. The molecule has 0 fully saturated rings. The van der Waals surface area contributed by atoms with E-state index in [2.05, 4.69) is 39.8 Å². The molecule has 0 N–H and O–H groups in total. The molecule has 1 unspecified atom stereocenters. The predicted octanol–water partition coefficient (Wildman–Crippen LogP) is 10.4. The van der Waals surface area contributed by atoms with E-state index in [1.807, 2.05) is 57.2 Å². The fourth-order valence-electron chi connectivity index (χ4n) is 4.71. The molecule has 5 nitrogen and oxygen atoms in total. The average Bonchev–Trinajstić information content (AvgIpc) is 3.05. The second kappa shape index (κ2) is 13.9. The van der Waals surface area contributed by atoms with Crippen molar-refractivity contribution in [1.82, 2.24) is 0 Å². The Hall–Kier alpha value is -4.38. The van der Waals surface area contributed by atoms with Crippen molar-refractivity contribution < 1.29 is 23.8 Å². The number of carbonyl (C=O) groups excluding carboxylic acids is 2. The van der Waals surface area contributed by atoms with Crippen molar-refractivity contribution in [2.75, 3.05) is 0 Å². The van der Waals surface area contributed by atoms with Crippen LogP contribution in [0, 0.1) is 5.41 Å². The van der Waals surface area contributed by atoms with Gasteiger partial charge in [0, 0.05) is 16.9 Å². The van der Waals surface area contributed by atoms with Gasteiger partial charge in [-0.15, -0.1) is 0 Å². The van der Waals surface area contributed by atoms with Gasteiger partial charge in [-0.2, -0.15) is 0 Å². The highest BCUT2D eigenvalue weighted by molar-refractivity contribution is 6.00. The zero-order valence-electron chi connectivity index (χ0n) is 27.0. The summed E-state index contributed by atoms with van der Waals surface area (Å²) in [5, 5.41) is 0. The quantitative estimate of drug-likeness (QED) is 0.0878. The number of carbonyl (C=O) groups is 2. The SMILES string of the molecule is CCC(C)(CC)Oc1ccc(C(C)c2ccc(OC(=O)c3ccc(Oc4ccc(C(=O)C(C)(C)CC)cc4)cc3)cc2)cc1. The van der Waals surface area contributed by atoms with Crippen LogP contribution < -0.4 is 14.2 Å². The van der Waals surface area contributed by atoms with Crippen molar-refractivity contribution in [2.45, 2.75) is 79.2 Å². The van der Waals surface area contributed by atoms with Gasteiger partial charge in [0.05, 0.1) is 5.56 Å². The third-order valence-corrected chi connectivity index (χ3v) is 8.77. The average molecular weight is 593 g/mol. The molecule has 4 rings (SSSR count). The van der Waals surface area contributed by atoms with Crippen LogP contribution in [0.2, 0.25) is 0 Å². The lowest BCUT2D eigenvalue weighted by Crippen LogP contribution is -2.30. The van der Waals surface area contributed by atoms with E-state index in [0.717, 1.165) is 30.6 Å². The minimum absolute atomic E-state index is 0.112. The van der Waals surface area contributed by atoms with E-state index in [1.54, 1.807) is 48.5 Å². The topological polar surface area (TPSA) is 61.8 Å². The molecule has 5 heteroatoms. The molecule has 44 heavy (non-hydrogen) atoms. The van der Waals surface area contributed by atoms with E-state index < -0.39 is 11.4 Å². The molecule has 0 bridgehead atoms. The maximum atomic E-state index is 12.8. The first-order valence-corrected chi connectivity index (χ1v) is 15.5. The molecule has 1 atom stereocenters. The molecule has 0 aliphatic rings. The van der Waals surface area contributed by atoms with E-state index >= 15 is 0 Å². The molecule has 4 aromatic rings. The molecule has 0 amide bonds. The van der Waals surface area contributed by atoms with E-state index in [-0.39, 0.29) is 17.3 Å². The van der Waals surface area contributed by atoms with Crippen molar-refractivity contribution in [3.63, 3.8) is 0 Å². The highest BCUT2D eigenvalue weighted by atomic mass is 16.5. The van der Waals surface area contributed by atoms with Gasteiger partial charge >= 0.3 is 5.97 Å². The van der Waals surface area contributed by atoms with E-state index in [1.165, 1.54) is 5.56 Å². The third-order valence-electron chi connectivity index (χ3n) is 8.77. The fraction of sp³-hybridized carbons (Fsp3) is 0.333. The zero-order chi connectivity index (χ0) is 31.9. The summed E-state index contributed by atoms with van der Waals surface area (Å²) in [5.74, 6) is 2.39. The van der Waals surface area contributed by atoms with Crippen LogP contribution in [0.25, 0.3) is 0 Å². The van der Waals surface area contributed by atoms with Gasteiger partial charge in [0.2, 0.25) is 0 Å². The highest BCUT2D eigenvalue weighted by Crippen LogP contribution is 2.31. The lowest BCUT2D eigenvalue weighted by molar-refractivity contribution is 0.0734. The molecule has 0 saturated heterocycles. The summed E-state index contributed by atoms with van der Waals surface area (Å²) in [5.41, 5.74) is 2.83. The Morgan fingerprint density at radius 2 is 1.02 bits per heavy atom. The summed E-state index contributed by atoms with van der Waals surface area (Å²) in [4.78, 5) is 25.5. The molecule has 4 aromatic carbocycles. The number of hydrogen-bond acceptors (Lipinski definition) is 5. The predicted molar refractivity (Wildman–Crippen MR) is 176 cm³/mol. The molecular weight excluding hydrogens is 548 g/mol. The lowest BCUT2D eigenvalue weighted by Gasteiger charge is -2.28. The van der Waals surface area contributed by atoms with Crippen molar-refractivity contribution in [3.8, 4) is 23.0 Å². The van der Waals surface area contributed by atoms with Gasteiger partial charge in [0.25, 0.3) is 0 Å². The Balaban J connectivity index is 1.32. The van der Waals surface area contributed by atoms with Crippen LogP contribution >= 0.6 is 0 Å². The van der Waals surface area contributed by atoms with Crippen LogP contribution in [-0.4, -0.2) is 17.4 Å². The van der Waals surface area contributed by atoms with Gasteiger partial charge in [0.15, 0.2) is 5.78 Å². The molecule has 0 radical (unpaired) electrons. The van der Waals surface area contributed by atoms with Gasteiger partial charge in [-0.1, -0.05) is 65.8 Å². The Labute approximate surface area is 262 Å². The maximum absolute atomic E-state index is 12.8. The highest BCUT2D eigenvalue weighted by Gasteiger charge is 2.26. The number of benzene rings is 4. The summed E-state index contributed by atoms with van der Waals surface area (Å²) in [6, 6.07) is 29.8. The molecular formula is C39H44O5. The molecule has 230 valence electrons. The number of esters is 1. The summed E-state index contributed by atoms with van der Waals surface area (Å²) >= 11 is 0. The second-order valence-electron chi connectivity index (χ2n) is 12.2. The van der Waals surface area contributed by atoms with Crippen LogP contribution in [0.4, 0.5) is 0 Å². The zero-order valence-corrected chi connectivity index (χ0v) is 27.0. The minimum Gasteiger partial charge on any atom is -0.488 e. The summed E-state index contributed by atoms with van der Waals surface area (Å²) in [6.07, 6.45) is 2.68. The third kappa shape index (κ3) is 7.96. The molecule has 0 aromatic heterocycles. The number of ketones is 1. The molecule has 0 aliphatic carbocycles. The van der Waals surface area contributed by atoms with Gasteiger partial charge < -0.3 is 14.2 Å². The molecule has 0 aliphatic heterocycles. The minimum atomic E-state index is -0.444. The van der Waals surface area contributed by atoms with Crippen LogP contribution in [0.1, 0.15) is 105 Å². The van der Waals surface area contributed by atoms with Gasteiger partial charge in [-0.3, -0.25) is 4.79 Å². The fourth-order valence-corrected chi connectivity index (χ4v) is 4.71. The number of hydrogen-bond donors (Lipinski definition) is 0. The van der Waals surface area contributed by atoms with E-state index in [0.29, 0.717) is 28.4 Å². The lowest BCUT2D eigenvalue weighted by atomic mass is 9.82. The summed E-state index contributed by atoms with van der Waals surface area (Å²) < 4.78 is 17.8. The second-order valence-corrected chi connectivity index (χ2v) is 12.2. The normalized spacial score (nSPS) is 12.3. The smallest absolute Gasteiger partial charge is 0.343 e. The van der Waals surface area contributed by atoms with Gasteiger partial charge in [-0.05, 0) is 110 Å². The van der Waals surface area contributed by atoms with E-state index in [9.17, 15) is 9.59 Å². The Bertz CT molecular complexity index is 1530. The number of Topliss-reactive ketones (excluding diaryl/α,β-unsaturated/α-hetero) is 1. The van der Waals surface area contributed by atoms with Crippen LogP contribution in [0.15, 0.2) is 97.1 Å². The monoisotopic (exact) mass is 592 g/mol. The van der Waals surface area contributed by atoms with Crippen molar-refractivity contribution in [1.29, 1.82) is 0 Å². The Kier molecular flexibility index (Phi) is 10.3.